The van der Waals surface area contributed by atoms with E-state index in [9.17, 15) is 0 Å². The summed E-state index contributed by atoms with van der Waals surface area (Å²) in [6.45, 7) is 2.04. The van der Waals surface area contributed by atoms with Crippen molar-refractivity contribution in [2.75, 3.05) is 0 Å². The van der Waals surface area contributed by atoms with E-state index >= 15 is 0 Å². The molecule has 1 heterocycles. The second kappa shape index (κ2) is 4.48. The lowest BCUT2D eigenvalue weighted by Crippen LogP contribution is -2.36. The van der Waals surface area contributed by atoms with E-state index in [1.165, 1.54) is 23.4 Å². The fraction of sp³-hybridized carbons (Fsp3) is 0.400. The van der Waals surface area contributed by atoms with Gasteiger partial charge in [0.2, 0.25) is 0 Å². The van der Waals surface area contributed by atoms with Crippen molar-refractivity contribution < 1.29 is 0 Å². The molecular weight excluding hydrogens is 240 g/mol. The maximum absolute atomic E-state index is 6.45. The second-order valence-electron chi connectivity index (χ2n) is 5.22. The largest absolute Gasteiger partial charge is 0.327 e. The summed E-state index contributed by atoms with van der Waals surface area (Å²) in [7, 11) is 0. The Kier molecular flexibility index (Phi) is 2.96. The standard InChI is InChI=1S/C15H18N2S/c1-11-10-18-14(17-11)9-13(16)15(7-8-15)12-5-3-2-4-6-12/h2-6,10,13H,7-9,16H2,1H3. The van der Waals surface area contributed by atoms with Crippen LogP contribution >= 0.6 is 11.3 Å². The Labute approximate surface area is 112 Å². The lowest BCUT2D eigenvalue weighted by molar-refractivity contribution is 0.513. The maximum atomic E-state index is 6.45. The van der Waals surface area contributed by atoms with Gasteiger partial charge < -0.3 is 5.73 Å². The lowest BCUT2D eigenvalue weighted by atomic mass is 9.87. The molecule has 2 nitrogen and oxygen atoms in total. The molecular formula is C15H18N2S. The maximum Gasteiger partial charge on any atom is 0.0943 e. The molecule has 1 fully saturated rings. The molecule has 1 atom stereocenters. The number of rotatable bonds is 4. The van der Waals surface area contributed by atoms with Gasteiger partial charge in [-0.2, -0.15) is 0 Å². The first-order valence-electron chi connectivity index (χ1n) is 6.43. The van der Waals surface area contributed by atoms with Gasteiger partial charge in [-0.15, -0.1) is 11.3 Å². The molecule has 0 saturated heterocycles. The predicted octanol–water partition coefficient (Wildman–Crippen LogP) is 3.05. The van der Waals surface area contributed by atoms with Crippen LogP contribution in [0.2, 0.25) is 0 Å². The van der Waals surface area contributed by atoms with E-state index < -0.39 is 0 Å². The van der Waals surface area contributed by atoms with Gasteiger partial charge in [-0.1, -0.05) is 30.3 Å². The second-order valence-corrected chi connectivity index (χ2v) is 6.16. The Morgan fingerprint density at radius 2 is 2.06 bits per heavy atom. The summed E-state index contributed by atoms with van der Waals surface area (Å²) in [5.74, 6) is 0. The molecule has 1 aromatic carbocycles. The summed E-state index contributed by atoms with van der Waals surface area (Å²) in [5, 5.41) is 3.27. The number of benzene rings is 1. The van der Waals surface area contributed by atoms with E-state index in [4.69, 9.17) is 5.73 Å². The summed E-state index contributed by atoms with van der Waals surface area (Å²) < 4.78 is 0. The molecule has 0 bridgehead atoms. The number of aromatic nitrogens is 1. The molecule has 1 aliphatic carbocycles. The van der Waals surface area contributed by atoms with E-state index in [0.29, 0.717) is 0 Å². The van der Waals surface area contributed by atoms with Crippen LogP contribution in [0.25, 0.3) is 0 Å². The smallest absolute Gasteiger partial charge is 0.0943 e. The Hall–Kier alpha value is -1.19. The van der Waals surface area contributed by atoms with Gasteiger partial charge in [0.1, 0.15) is 0 Å². The predicted molar refractivity (Wildman–Crippen MR) is 75.9 cm³/mol. The molecule has 0 radical (unpaired) electrons. The van der Waals surface area contributed by atoms with Crippen LogP contribution in [0.3, 0.4) is 0 Å². The Balaban J connectivity index is 1.78. The average Bonchev–Trinajstić information content (AvgIpc) is 3.10. The van der Waals surface area contributed by atoms with Crippen molar-refractivity contribution in [3.63, 3.8) is 0 Å². The summed E-state index contributed by atoms with van der Waals surface area (Å²) in [5.41, 5.74) is 9.16. The van der Waals surface area contributed by atoms with E-state index in [2.05, 4.69) is 40.7 Å². The molecule has 1 unspecified atom stereocenters. The zero-order valence-corrected chi connectivity index (χ0v) is 11.4. The van der Waals surface area contributed by atoms with Crippen molar-refractivity contribution in [1.82, 2.24) is 4.98 Å². The molecule has 18 heavy (non-hydrogen) atoms. The summed E-state index contributed by atoms with van der Waals surface area (Å²) in [6, 6.07) is 10.9. The molecule has 2 N–H and O–H groups in total. The number of hydrogen-bond donors (Lipinski definition) is 1. The number of thiazole rings is 1. The molecule has 1 aliphatic rings. The van der Waals surface area contributed by atoms with Gasteiger partial charge in [0.05, 0.1) is 5.01 Å². The first-order valence-corrected chi connectivity index (χ1v) is 7.31. The third-order valence-corrected chi connectivity index (χ3v) is 4.90. The number of hydrogen-bond acceptors (Lipinski definition) is 3. The van der Waals surface area contributed by atoms with E-state index in [0.717, 1.165) is 12.1 Å². The Morgan fingerprint density at radius 1 is 1.33 bits per heavy atom. The number of aryl methyl sites for hydroxylation is 1. The van der Waals surface area contributed by atoms with Crippen LogP contribution in [-0.4, -0.2) is 11.0 Å². The zero-order valence-electron chi connectivity index (χ0n) is 10.6. The quantitative estimate of drug-likeness (QED) is 0.915. The van der Waals surface area contributed by atoms with Crippen LogP contribution in [0.15, 0.2) is 35.7 Å². The van der Waals surface area contributed by atoms with Crippen LogP contribution in [0.5, 0.6) is 0 Å². The molecule has 0 amide bonds. The minimum atomic E-state index is 0.186. The minimum absolute atomic E-state index is 0.186. The highest BCUT2D eigenvalue weighted by atomic mass is 32.1. The van der Waals surface area contributed by atoms with Gasteiger partial charge in [-0.25, -0.2) is 4.98 Å². The fourth-order valence-electron chi connectivity index (χ4n) is 2.66. The Bertz CT molecular complexity index is 528. The summed E-state index contributed by atoms with van der Waals surface area (Å²) in [6.07, 6.45) is 3.32. The van der Waals surface area contributed by atoms with Crippen LogP contribution in [0.4, 0.5) is 0 Å². The van der Waals surface area contributed by atoms with E-state index in [-0.39, 0.29) is 11.5 Å². The third kappa shape index (κ3) is 2.08. The summed E-state index contributed by atoms with van der Waals surface area (Å²) in [4.78, 5) is 4.52. The van der Waals surface area contributed by atoms with Crippen molar-refractivity contribution >= 4 is 11.3 Å². The molecule has 94 valence electrons. The van der Waals surface area contributed by atoms with Gasteiger partial charge in [-0.3, -0.25) is 0 Å². The third-order valence-electron chi connectivity index (χ3n) is 3.91. The van der Waals surface area contributed by atoms with Crippen molar-refractivity contribution in [2.45, 2.75) is 37.6 Å². The first kappa shape index (κ1) is 11.9. The number of nitrogens with two attached hydrogens (primary N) is 1. The van der Waals surface area contributed by atoms with Gasteiger partial charge in [0.15, 0.2) is 0 Å². The molecule has 3 rings (SSSR count). The highest BCUT2D eigenvalue weighted by Gasteiger charge is 2.49. The van der Waals surface area contributed by atoms with Crippen molar-refractivity contribution in [3.05, 3.63) is 52.0 Å². The highest BCUT2D eigenvalue weighted by molar-refractivity contribution is 7.09. The monoisotopic (exact) mass is 258 g/mol. The number of nitrogens with zero attached hydrogens (tertiary/aromatic N) is 1. The van der Waals surface area contributed by atoms with E-state index in [1.54, 1.807) is 11.3 Å². The normalized spacial score (nSPS) is 18.6. The molecule has 0 aliphatic heterocycles. The topological polar surface area (TPSA) is 38.9 Å². The Morgan fingerprint density at radius 3 is 2.61 bits per heavy atom. The van der Waals surface area contributed by atoms with Crippen LogP contribution in [0, 0.1) is 6.92 Å². The van der Waals surface area contributed by atoms with Crippen molar-refractivity contribution in [3.8, 4) is 0 Å². The molecule has 1 aromatic heterocycles. The molecule has 2 aromatic rings. The fourth-order valence-corrected chi connectivity index (χ4v) is 3.49. The van der Waals surface area contributed by atoms with E-state index in [1.807, 2.05) is 6.92 Å². The van der Waals surface area contributed by atoms with Gasteiger partial charge in [0.25, 0.3) is 0 Å². The van der Waals surface area contributed by atoms with Crippen molar-refractivity contribution in [1.29, 1.82) is 0 Å². The van der Waals surface area contributed by atoms with Crippen LogP contribution < -0.4 is 5.73 Å². The first-order chi connectivity index (χ1) is 8.71. The van der Waals surface area contributed by atoms with Gasteiger partial charge in [0, 0.05) is 29.0 Å². The minimum Gasteiger partial charge on any atom is -0.327 e. The van der Waals surface area contributed by atoms with Gasteiger partial charge in [-0.05, 0) is 25.3 Å². The van der Waals surface area contributed by atoms with Crippen LogP contribution in [0.1, 0.15) is 29.1 Å². The average molecular weight is 258 g/mol. The summed E-state index contributed by atoms with van der Waals surface area (Å²) >= 11 is 1.73. The molecule has 0 spiro atoms. The molecule has 3 heteroatoms. The van der Waals surface area contributed by atoms with Gasteiger partial charge >= 0.3 is 0 Å². The van der Waals surface area contributed by atoms with Crippen molar-refractivity contribution in [2.24, 2.45) is 5.73 Å². The SMILES string of the molecule is Cc1csc(CC(N)C2(c3ccccc3)CC2)n1. The molecule has 1 saturated carbocycles. The zero-order chi connectivity index (χ0) is 12.6. The lowest BCUT2D eigenvalue weighted by Gasteiger charge is -2.23. The highest BCUT2D eigenvalue weighted by Crippen LogP contribution is 2.50. The van der Waals surface area contributed by atoms with Crippen LogP contribution in [-0.2, 0) is 11.8 Å².